The van der Waals surface area contributed by atoms with Gasteiger partial charge in [0.2, 0.25) is 15.9 Å². The van der Waals surface area contributed by atoms with Gasteiger partial charge in [-0.25, -0.2) is 18.1 Å². The summed E-state index contributed by atoms with van der Waals surface area (Å²) in [7, 11) is -3.59. The zero-order valence-corrected chi connectivity index (χ0v) is 11.5. The lowest BCUT2D eigenvalue weighted by atomic mass is 10.4. The summed E-state index contributed by atoms with van der Waals surface area (Å²) in [6, 6.07) is 1.49. The molecule has 4 N–H and O–H groups in total. The van der Waals surface area contributed by atoms with Gasteiger partial charge in [-0.15, -0.1) is 0 Å². The molecule has 8 heteroatoms. The van der Waals surface area contributed by atoms with Crippen LogP contribution < -0.4 is 10.5 Å². The number of aromatic amines is 1. The Morgan fingerprint density at radius 3 is 2.74 bits per heavy atom. The van der Waals surface area contributed by atoms with Crippen molar-refractivity contribution >= 4 is 10.0 Å². The van der Waals surface area contributed by atoms with E-state index in [1.807, 2.05) is 0 Å². The number of nitrogens with two attached hydrogens (primary N) is 1. The number of oxazole rings is 1. The molecule has 0 aliphatic rings. The smallest absolute Gasteiger partial charge is 0.242 e. The highest BCUT2D eigenvalue weighted by Gasteiger charge is 2.17. The highest BCUT2D eigenvalue weighted by atomic mass is 32.2. The van der Waals surface area contributed by atoms with Crippen LogP contribution in [-0.4, -0.2) is 18.4 Å². The molecule has 0 saturated carbocycles. The van der Waals surface area contributed by atoms with Crippen LogP contribution in [0.3, 0.4) is 0 Å². The second-order valence-electron chi connectivity index (χ2n) is 4.14. The van der Waals surface area contributed by atoms with E-state index in [1.165, 1.54) is 12.3 Å². The Balaban J connectivity index is 2.09. The second kappa shape index (κ2) is 5.16. The van der Waals surface area contributed by atoms with E-state index in [1.54, 1.807) is 13.8 Å². The third-order valence-corrected chi connectivity index (χ3v) is 4.11. The van der Waals surface area contributed by atoms with Crippen LogP contribution in [0.5, 0.6) is 0 Å². The zero-order valence-electron chi connectivity index (χ0n) is 10.7. The number of aryl methyl sites for hydroxylation is 2. The fourth-order valence-electron chi connectivity index (χ4n) is 1.55. The van der Waals surface area contributed by atoms with Crippen molar-refractivity contribution in [3.8, 4) is 0 Å². The van der Waals surface area contributed by atoms with Crippen LogP contribution in [0, 0.1) is 13.8 Å². The van der Waals surface area contributed by atoms with Gasteiger partial charge in [-0.3, -0.25) is 0 Å². The van der Waals surface area contributed by atoms with E-state index in [9.17, 15) is 8.42 Å². The Labute approximate surface area is 111 Å². The molecule has 0 aliphatic carbocycles. The minimum absolute atomic E-state index is 0.0140. The van der Waals surface area contributed by atoms with Crippen molar-refractivity contribution in [2.24, 2.45) is 5.73 Å². The van der Waals surface area contributed by atoms with Crippen LogP contribution >= 0.6 is 0 Å². The normalized spacial score (nSPS) is 11.9. The second-order valence-corrected chi connectivity index (χ2v) is 5.91. The third-order valence-electron chi connectivity index (χ3n) is 2.73. The molecule has 0 bridgehead atoms. The molecule has 0 amide bonds. The monoisotopic (exact) mass is 284 g/mol. The molecule has 19 heavy (non-hydrogen) atoms. The van der Waals surface area contributed by atoms with Crippen molar-refractivity contribution in [3.63, 3.8) is 0 Å². The molecule has 7 nitrogen and oxygen atoms in total. The van der Waals surface area contributed by atoms with Gasteiger partial charge in [0.1, 0.15) is 5.76 Å². The number of H-pyrrole nitrogens is 1. The van der Waals surface area contributed by atoms with Gasteiger partial charge in [-0.05, 0) is 19.9 Å². The maximum absolute atomic E-state index is 12.0. The maximum Gasteiger partial charge on any atom is 0.242 e. The Morgan fingerprint density at radius 1 is 1.47 bits per heavy atom. The Kier molecular flexibility index (Phi) is 3.74. The van der Waals surface area contributed by atoms with E-state index in [4.69, 9.17) is 10.2 Å². The predicted octanol–water partition coefficient (Wildman–Crippen LogP) is 0.557. The van der Waals surface area contributed by atoms with E-state index in [-0.39, 0.29) is 18.0 Å². The topological polar surface area (TPSA) is 114 Å². The number of hydrogen-bond donors (Lipinski definition) is 3. The lowest BCUT2D eigenvalue weighted by molar-refractivity contribution is 0.463. The van der Waals surface area contributed by atoms with Crippen molar-refractivity contribution < 1.29 is 12.8 Å². The lowest BCUT2D eigenvalue weighted by Gasteiger charge is -2.01. The number of aromatic nitrogens is 2. The summed E-state index contributed by atoms with van der Waals surface area (Å²) in [6.45, 7) is 3.85. The number of sulfonamides is 1. The minimum atomic E-state index is -3.59. The van der Waals surface area contributed by atoms with Gasteiger partial charge in [0.25, 0.3) is 0 Å². The Bertz CT molecular complexity index is 652. The fourth-order valence-corrected chi connectivity index (χ4v) is 2.54. The Hall–Kier alpha value is -1.64. The van der Waals surface area contributed by atoms with Gasteiger partial charge in [0, 0.05) is 18.4 Å². The molecule has 0 aromatic carbocycles. The van der Waals surface area contributed by atoms with Gasteiger partial charge in [-0.1, -0.05) is 0 Å². The molecular formula is C11H16N4O3S. The van der Waals surface area contributed by atoms with Gasteiger partial charge in [0.15, 0.2) is 0 Å². The summed E-state index contributed by atoms with van der Waals surface area (Å²) in [5, 5.41) is 0. The van der Waals surface area contributed by atoms with Gasteiger partial charge < -0.3 is 15.1 Å². The maximum atomic E-state index is 12.0. The summed E-state index contributed by atoms with van der Waals surface area (Å²) < 4.78 is 31.7. The molecule has 0 spiro atoms. The summed E-state index contributed by atoms with van der Waals surface area (Å²) in [5.74, 6) is 1.02. The molecular weight excluding hydrogens is 268 g/mol. The van der Waals surface area contributed by atoms with Gasteiger partial charge in [-0.2, -0.15) is 0 Å². The lowest BCUT2D eigenvalue weighted by Crippen LogP contribution is -2.23. The van der Waals surface area contributed by atoms with Crippen LogP contribution in [0.2, 0.25) is 0 Å². The molecule has 2 heterocycles. The molecule has 0 aliphatic heterocycles. The number of nitrogens with zero attached hydrogens (tertiary/aromatic N) is 1. The van der Waals surface area contributed by atoms with Gasteiger partial charge >= 0.3 is 0 Å². The first kappa shape index (κ1) is 13.8. The summed E-state index contributed by atoms with van der Waals surface area (Å²) in [4.78, 5) is 7.04. The standard InChI is InChI=1S/C11H16N4O3S/c1-7-8(2)18-11(15-7)6-14-19(16,17)10-3-9(4-12)13-5-10/h3,5,13-14H,4,6,12H2,1-2H3. The average molecular weight is 284 g/mol. The quantitative estimate of drug-likeness (QED) is 0.742. The highest BCUT2D eigenvalue weighted by Crippen LogP contribution is 2.12. The zero-order chi connectivity index (χ0) is 14.0. The summed E-state index contributed by atoms with van der Waals surface area (Å²) in [5.41, 5.74) is 6.83. The Morgan fingerprint density at radius 2 is 2.21 bits per heavy atom. The van der Waals surface area contributed by atoms with Crippen molar-refractivity contribution in [1.29, 1.82) is 0 Å². The fraction of sp³-hybridized carbons (Fsp3) is 0.364. The first-order chi connectivity index (χ1) is 8.92. The number of rotatable bonds is 5. The van der Waals surface area contributed by atoms with Crippen molar-refractivity contribution in [1.82, 2.24) is 14.7 Å². The predicted molar refractivity (Wildman–Crippen MR) is 68.7 cm³/mol. The van der Waals surface area contributed by atoms with Crippen LogP contribution in [0.1, 0.15) is 23.0 Å². The van der Waals surface area contributed by atoms with Crippen LogP contribution in [-0.2, 0) is 23.1 Å². The molecule has 104 valence electrons. The third kappa shape index (κ3) is 3.03. The molecule has 2 aromatic rings. The number of hydrogen-bond acceptors (Lipinski definition) is 5. The largest absolute Gasteiger partial charge is 0.444 e. The van der Waals surface area contributed by atoms with E-state index >= 15 is 0 Å². The molecule has 0 radical (unpaired) electrons. The van der Waals surface area contributed by atoms with Crippen molar-refractivity contribution in [3.05, 3.63) is 35.3 Å². The van der Waals surface area contributed by atoms with E-state index in [0.29, 0.717) is 17.3 Å². The highest BCUT2D eigenvalue weighted by molar-refractivity contribution is 7.89. The molecule has 0 unspecified atom stereocenters. The van der Waals surface area contributed by atoms with Crippen LogP contribution in [0.25, 0.3) is 0 Å². The van der Waals surface area contributed by atoms with Gasteiger partial charge in [0.05, 0.1) is 17.1 Å². The molecule has 0 atom stereocenters. The molecule has 2 rings (SSSR count). The number of nitrogens with one attached hydrogen (secondary N) is 2. The first-order valence-electron chi connectivity index (χ1n) is 5.72. The summed E-state index contributed by atoms with van der Waals surface area (Å²) in [6.07, 6.45) is 1.40. The van der Waals surface area contributed by atoms with Crippen LogP contribution in [0.4, 0.5) is 0 Å². The van der Waals surface area contributed by atoms with Crippen molar-refractivity contribution in [2.45, 2.75) is 31.8 Å². The van der Waals surface area contributed by atoms with Crippen LogP contribution in [0.15, 0.2) is 21.6 Å². The van der Waals surface area contributed by atoms with E-state index < -0.39 is 10.0 Å². The SMILES string of the molecule is Cc1nc(CNS(=O)(=O)c2c[nH]c(CN)c2)oc1C. The average Bonchev–Trinajstić information content (AvgIpc) is 2.95. The molecule has 2 aromatic heterocycles. The first-order valence-corrected chi connectivity index (χ1v) is 7.20. The minimum Gasteiger partial charge on any atom is -0.444 e. The molecule has 0 fully saturated rings. The summed E-state index contributed by atoms with van der Waals surface area (Å²) >= 11 is 0. The van der Waals surface area contributed by atoms with E-state index in [0.717, 1.165) is 5.69 Å². The van der Waals surface area contributed by atoms with Crippen molar-refractivity contribution in [2.75, 3.05) is 0 Å². The molecule has 0 saturated heterocycles. The van der Waals surface area contributed by atoms with E-state index in [2.05, 4.69) is 14.7 Å².